The van der Waals surface area contributed by atoms with E-state index in [9.17, 15) is 14.4 Å². The summed E-state index contributed by atoms with van der Waals surface area (Å²) in [5.41, 5.74) is 3.61. The van der Waals surface area contributed by atoms with Crippen molar-refractivity contribution in [1.29, 1.82) is 0 Å². The minimum Gasteiger partial charge on any atom is -0.489 e. The van der Waals surface area contributed by atoms with E-state index >= 15 is 0 Å². The first-order valence-electron chi connectivity index (χ1n) is 11.9. The molecule has 0 saturated carbocycles. The van der Waals surface area contributed by atoms with Crippen molar-refractivity contribution in [3.63, 3.8) is 0 Å². The van der Waals surface area contributed by atoms with Gasteiger partial charge in [-0.25, -0.2) is 9.97 Å². The fraction of sp³-hybridized carbons (Fsp3) is 0.346. The summed E-state index contributed by atoms with van der Waals surface area (Å²) in [6.45, 7) is 2.95. The van der Waals surface area contributed by atoms with Crippen LogP contribution in [0.2, 0.25) is 0 Å². The first-order chi connectivity index (χ1) is 17.0. The number of hydrogen-bond donors (Lipinski definition) is 1. The molecule has 0 bridgehead atoms. The summed E-state index contributed by atoms with van der Waals surface area (Å²) in [6.07, 6.45) is 4.99. The Kier molecular flexibility index (Phi) is 5.41. The average molecular weight is 472 g/mol. The highest BCUT2D eigenvalue weighted by molar-refractivity contribution is 6.05. The van der Waals surface area contributed by atoms with Crippen molar-refractivity contribution < 1.29 is 19.1 Å². The maximum absolute atomic E-state index is 12.9. The van der Waals surface area contributed by atoms with Gasteiger partial charge in [0.05, 0.1) is 5.52 Å². The quantitative estimate of drug-likeness (QED) is 0.568. The number of imide groups is 1. The Hall–Kier alpha value is -3.85. The molecule has 1 aromatic heterocycles. The molecule has 35 heavy (non-hydrogen) atoms. The highest BCUT2D eigenvalue weighted by Crippen LogP contribution is 2.31. The number of ether oxygens (including phenoxy) is 1. The molecule has 6 rings (SSSR count). The van der Waals surface area contributed by atoms with E-state index in [2.05, 4.69) is 32.3 Å². The lowest BCUT2D eigenvalue weighted by Gasteiger charge is -2.29. The van der Waals surface area contributed by atoms with E-state index in [-0.39, 0.29) is 24.3 Å². The molecule has 3 amide bonds. The lowest BCUT2D eigenvalue weighted by atomic mass is 10.0. The third-order valence-electron chi connectivity index (χ3n) is 7.00. The fourth-order valence-corrected chi connectivity index (χ4v) is 5.24. The van der Waals surface area contributed by atoms with Crippen LogP contribution in [0.3, 0.4) is 0 Å². The van der Waals surface area contributed by atoms with E-state index in [1.54, 1.807) is 17.3 Å². The van der Waals surface area contributed by atoms with Gasteiger partial charge in [-0.1, -0.05) is 6.07 Å². The summed E-state index contributed by atoms with van der Waals surface area (Å²) in [5.74, 6) is -0.125. The molecule has 1 unspecified atom stereocenters. The van der Waals surface area contributed by atoms with Gasteiger partial charge in [-0.3, -0.25) is 24.6 Å². The minimum atomic E-state index is -0.609. The highest BCUT2D eigenvalue weighted by Gasteiger charge is 2.39. The number of amides is 3. The van der Waals surface area contributed by atoms with Gasteiger partial charge in [0.1, 0.15) is 24.2 Å². The first kappa shape index (κ1) is 21.7. The van der Waals surface area contributed by atoms with Crippen LogP contribution in [0.4, 0.5) is 0 Å². The summed E-state index contributed by atoms with van der Waals surface area (Å²) < 4.78 is 6.27. The third kappa shape index (κ3) is 4.23. The van der Waals surface area contributed by atoms with Gasteiger partial charge in [0.15, 0.2) is 0 Å². The summed E-state index contributed by atoms with van der Waals surface area (Å²) >= 11 is 0. The predicted molar refractivity (Wildman–Crippen MR) is 126 cm³/mol. The topological polar surface area (TPSA) is 105 Å². The maximum Gasteiger partial charge on any atom is 0.255 e. The molecule has 3 aliphatic rings. The zero-order valence-corrected chi connectivity index (χ0v) is 19.1. The standard InChI is InChI=1S/C26H25N5O4/c32-24-6-5-23(25(33)29-24)31-13-18-10-19(2-3-21(18)26(31)34)35-20-7-8-30(14-20)12-16-1-4-22-17(9-16)11-27-15-28-22/h1-4,9-11,15,20,23H,5-8,12-14H2,(H,29,32,33)/t20-,23?/m0/s1. The number of carbonyl (C=O) groups excluding carboxylic acids is 3. The molecule has 0 aliphatic carbocycles. The maximum atomic E-state index is 12.9. The number of nitrogens with one attached hydrogen (secondary N) is 1. The van der Waals surface area contributed by atoms with Gasteiger partial charge in [-0.05, 0) is 54.3 Å². The number of carbonyl (C=O) groups is 3. The number of piperidine rings is 1. The summed E-state index contributed by atoms with van der Waals surface area (Å²) in [4.78, 5) is 48.9. The molecule has 3 aliphatic heterocycles. The second kappa shape index (κ2) is 8.74. The van der Waals surface area contributed by atoms with E-state index in [0.29, 0.717) is 18.5 Å². The Morgan fingerprint density at radius 2 is 2.00 bits per heavy atom. The molecule has 0 radical (unpaired) electrons. The fourth-order valence-electron chi connectivity index (χ4n) is 5.24. The van der Waals surface area contributed by atoms with Crippen molar-refractivity contribution in [2.24, 2.45) is 0 Å². The lowest BCUT2D eigenvalue weighted by molar-refractivity contribution is -0.136. The molecule has 4 heterocycles. The second-order valence-corrected chi connectivity index (χ2v) is 9.40. The molecular formula is C26H25N5O4. The molecule has 2 atom stereocenters. The zero-order chi connectivity index (χ0) is 23.9. The third-order valence-corrected chi connectivity index (χ3v) is 7.00. The van der Waals surface area contributed by atoms with Crippen LogP contribution < -0.4 is 10.1 Å². The van der Waals surface area contributed by atoms with Gasteiger partial charge >= 0.3 is 0 Å². The Bertz CT molecular complexity index is 1340. The van der Waals surface area contributed by atoms with Gasteiger partial charge in [-0.15, -0.1) is 0 Å². The molecule has 2 aromatic carbocycles. The number of rotatable bonds is 5. The number of benzene rings is 2. The number of fused-ring (bicyclic) bond motifs is 2. The zero-order valence-electron chi connectivity index (χ0n) is 19.1. The van der Waals surface area contributed by atoms with Crippen LogP contribution >= 0.6 is 0 Å². The smallest absolute Gasteiger partial charge is 0.255 e. The van der Waals surface area contributed by atoms with Crippen LogP contribution in [0.15, 0.2) is 48.9 Å². The highest BCUT2D eigenvalue weighted by atomic mass is 16.5. The molecule has 178 valence electrons. The number of likely N-dealkylation sites (tertiary alicyclic amines) is 1. The van der Waals surface area contributed by atoms with Crippen LogP contribution in [-0.2, 0) is 22.7 Å². The average Bonchev–Trinajstić information content (AvgIpc) is 3.42. The van der Waals surface area contributed by atoms with Crippen molar-refractivity contribution in [2.75, 3.05) is 13.1 Å². The largest absolute Gasteiger partial charge is 0.489 e. The van der Waals surface area contributed by atoms with E-state index in [0.717, 1.165) is 48.3 Å². The van der Waals surface area contributed by atoms with Gasteiger partial charge in [0, 0.05) is 49.7 Å². The molecule has 1 N–H and O–H groups in total. The Morgan fingerprint density at radius 3 is 2.89 bits per heavy atom. The van der Waals surface area contributed by atoms with Crippen molar-refractivity contribution in [1.82, 2.24) is 25.1 Å². The summed E-state index contributed by atoms with van der Waals surface area (Å²) in [6, 6.07) is 11.2. The van der Waals surface area contributed by atoms with Crippen molar-refractivity contribution >= 4 is 28.6 Å². The van der Waals surface area contributed by atoms with Crippen molar-refractivity contribution in [2.45, 2.75) is 44.5 Å². The van der Waals surface area contributed by atoms with Gasteiger partial charge < -0.3 is 9.64 Å². The summed E-state index contributed by atoms with van der Waals surface area (Å²) in [5, 5.41) is 3.37. The van der Waals surface area contributed by atoms with E-state index in [1.165, 1.54) is 5.56 Å². The normalized spacial score (nSPS) is 22.5. The Morgan fingerprint density at radius 1 is 1.09 bits per heavy atom. The second-order valence-electron chi connectivity index (χ2n) is 9.40. The molecule has 2 saturated heterocycles. The van der Waals surface area contributed by atoms with E-state index in [1.807, 2.05) is 24.4 Å². The van der Waals surface area contributed by atoms with E-state index < -0.39 is 11.9 Å². The number of nitrogens with zero attached hydrogens (tertiary/aromatic N) is 4. The Balaban J connectivity index is 1.08. The minimum absolute atomic E-state index is 0.0696. The van der Waals surface area contributed by atoms with Crippen LogP contribution in [0, 0.1) is 0 Å². The molecule has 9 heteroatoms. The van der Waals surface area contributed by atoms with Crippen LogP contribution in [0.5, 0.6) is 5.75 Å². The number of hydrogen-bond acceptors (Lipinski definition) is 7. The van der Waals surface area contributed by atoms with Crippen LogP contribution in [-0.4, -0.2) is 62.7 Å². The van der Waals surface area contributed by atoms with Gasteiger partial charge in [0.2, 0.25) is 11.8 Å². The molecular weight excluding hydrogens is 446 g/mol. The van der Waals surface area contributed by atoms with Crippen LogP contribution in [0.1, 0.15) is 40.7 Å². The van der Waals surface area contributed by atoms with Gasteiger partial charge in [0.25, 0.3) is 5.91 Å². The van der Waals surface area contributed by atoms with Gasteiger partial charge in [-0.2, -0.15) is 0 Å². The Labute approximate surface area is 202 Å². The molecule has 9 nitrogen and oxygen atoms in total. The predicted octanol–water partition coefficient (Wildman–Crippen LogP) is 2.04. The number of aromatic nitrogens is 2. The van der Waals surface area contributed by atoms with Crippen LogP contribution in [0.25, 0.3) is 10.9 Å². The first-order valence-corrected chi connectivity index (χ1v) is 11.9. The van der Waals surface area contributed by atoms with Crippen molar-refractivity contribution in [3.8, 4) is 5.75 Å². The van der Waals surface area contributed by atoms with E-state index in [4.69, 9.17) is 4.74 Å². The SMILES string of the molecule is O=C1CCC(N2Cc3cc(O[C@H]4CCN(Cc5ccc6ncncc6c5)C4)ccc3C2=O)C(=O)N1. The monoisotopic (exact) mass is 471 g/mol. The van der Waals surface area contributed by atoms with Crippen molar-refractivity contribution in [3.05, 3.63) is 65.6 Å². The summed E-state index contributed by atoms with van der Waals surface area (Å²) in [7, 11) is 0. The molecule has 0 spiro atoms. The lowest BCUT2D eigenvalue weighted by Crippen LogP contribution is -2.52. The molecule has 3 aromatic rings. The molecule has 2 fully saturated rings.